The molecule has 0 saturated carbocycles. The van der Waals surface area contributed by atoms with Gasteiger partial charge in [0.2, 0.25) is 5.12 Å². The van der Waals surface area contributed by atoms with Crippen molar-refractivity contribution in [3.63, 3.8) is 0 Å². The molecule has 0 aliphatic rings. The Bertz CT molecular complexity index is 775. The summed E-state index contributed by atoms with van der Waals surface area (Å²) in [6.45, 7) is 3.64. The number of nitrogen functional groups attached to an aromatic ring is 1. The van der Waals surface area contributed by atoms with Gasteiger partial charge in [0, 0.05) is 29.1 Å². The summed E-state index contributed by atoms with van der Waals surface area (Å²) in [6, 6.07) is 11.9. The van der Waals surface area contributed by atoms with Crippen LogP contribution in [0.25, 0.3) is 0 Å². The van der Waals surface area contributed by atoms with Gasteiger partial charge in [0.15, 0.2) is 0 Å². The molecular weight excluding hydrogens is 324 g/mol. The smallest absolute Gasteiger partial charge is 0.269 e. The third-order valence-electron chi connectivity index (χ3n) is 3.54. The third kappa shape index (κ3) is 4.45. The normalized spacial score (nSPS) is 10.3. The van der Waals surface area contributed by atoms with Crippen LogP contribution in [0, 0.1) is 10.1 Å². The van der Waals surface area contributed by atoms with E-state index in [9.17, 15) is 14.9 Å². The van der Waals surface area contributed by atoms with Gasteiger partial charge in [0.1, 0.15) is 0 Å². The molecule has 0 aliphatic heterocycles. The number of para-hydroxylation sites is 1. The Kier molecular flexibility index (Phi) is 6.14. The average molecular weight is 342 g/mol. The largest absolute Gasteiger partial charge is 0.399 e. The third-order valence-corrected chi connectivity index (χ3v) is 4.43. The van der Waals surface area contributed by atoms with Crippen molar-refractivity contribution in [1.82, 2.24) is 0 Å². The molecule has 0 atom stereocenters. The Morgan fingerprint density at radius 2 is 2.00 bits per heavy atom. The standard InChI is InChI=1S/C18H18N2O3S/c1-2-5-14-12-15(20(22)23)8-9-16(14)18(21)24-11-10-13-6-3-4-7-17(13)19/h2-4,6-9,12H,1,5,10-11,19H2. The molecule has 0 aliphatic carbocycles. The summed E-state index contributed by atoms with van der Waals surface area (Å²) < 4.78 is 0. The summed E-state index contributed by atoms with van der Waals surface area (Å²) in [4.78, 5) is 22.8. The number of non-ortho nitro benzene ring substituents is 1. The van der Waals surface area contributed by atoms with Gasteiger partial charge >= 0.3 is 0 Å². The van der Waals surface area contributed by atoms with Crippen LogP contribution in [0.1, 0.15) is 21.5 Å². The molecule has 5 nitrogen and oxygen atoms in total. The van der Waals surface area contributed by atoms with E-state index in [0.717, 1.165) is 5.56 Å². The molecule has 2 aromatic rings. The fourth-order valence-electron chi connectivity index (χ4n) is 2.31. The van der Waals surface area contributed by atoms with Gasteiger partial charge in [-0.05, 0) is 36.1 Å². The number of benzene rings is 2. The summed E-state index contributed by atoms with van der Waals surface area (Å²) in [5.41, 5.74) is 8.70. The number of nitrogens with zero attached hydrogens (tertiary/aromatic N) is 1. The zero-order valence-electron chi connectivity index (χ0n) is 13.1. The number of hydrogen-bond acceptors (Lipinski definition) is 5. The highest BCUT2D eigenvalue weighted by atomic mass is 32.2. The number of nitro groups is 1. The number of carbonyl (C=O) groups excluding carboxylic acids is 1. The number of hydrogen-bond donors (Lipinski definition) is 1. The first-order valence-corrected chi connectivity index (χ1v) is 8.40. The highest BCUT2D eigenvalue weighted by Gasteiger charge is 2.15. The molecule has 0 aromatic heterocycles. The summed E-state index contributed by atoms with van der Waals surface area (Å²) in [7, 11) is 0. The van der Waals surface area contributed by atoms with Crippen LogP contribution in [0.5, 0.6) is 0 Å². The molecule has 2 N–H and O–H groups in total. The van der Waals surface area contributed by atoms with Gasteiger partial charge in [-0.3, -0.25) is 14.9 Å². The van der Waals surface area contributed by atoms with Gasteiger partial charge < -0.3 is 5.73 Å². The highest BCUT2D eigenvalue weighted by Crippen LogP contribution is 2.24. The van der Waals surface area contributed by atoms with Crippen LogP contribution in [-0.4, -0.2) is 15.8 Å². The molecule has 0 saturated heterocycles. The fraction of sp³-hybridized carbons (Fsp3) is 0.167. The maximum atomic E-state index is 12.4. The second-order valence-corrected chi connectivity index (χ2v) is 6.24. The fourth-order valence-corrected chi connectivity index (χ4v) is 3.17. The Morgan fingerprint density at radius 3 is 2.67 bits per heavy atom. The second kappa shape index (κ2) is 8.31. The second-order valence-electron chi connectivity index (χ2n) is 5.18. The molecule has 6 heteroatoms. The van der Waals surface area contributed by atoms with Crippen LogP contribution in [0.3, 0.4) is 0 Å². The Morgan fingerprint density at radius 1 is 1.25 bits per heavy atom. The van der Waals surface area contributed by atoms with Crippen molar-refractivity contribution < 1.29 is 9.72 Å². The Hall–Kier alpha value is -2.60. The molecule has 0 radical (unpaired) electrons. The molecule has 0 spiro atoms. The number of nitrogens with two attached hydrogens (primary N) is 1. The van der Waals surface area contributed by atoms with Crippen molar-refractivity contribution in [2.75, 3.05) is 11.5 Å². The van der Waals surface area contributed by atoms with Crippen LogP contribution < -0.4 is 5.73 Å². The SMILES string of the molecule is C=CCc1cc([N+](=O)[O-])ccc1C(=O)SCCc1ccccc1N. The van der Waals surface area contributed by atoms with E-state index in [2.05, 4.69) is 6.58 Å². The van der Waals surface area contributed by atoms with E-state index in [1.807, 2.05) is 24.3 Å². The van der Waals surface area contributed by atoms with Crippen LogP contribution >= 0.6 is 11.8 Å². The maximum absolute atomic E-state index is 12.4. The average Bonchev–Trinajstić information content (AvgIpc) is 2.56. The first kappa shape index (κ1) is 17.7. The van der Waals surface area contributed by atoms with E-state index in [0.29, 0.717) is 35.4 Å². The number of nitro benzene ring substituents is 1. The van der Waals surface area contributed by atoms with Crippen LogP contribution in [-0.2, 0) is 12.8 Å². The number of thioether (sulfide) groups is 1. The summed E-state index contributed by atoms with van der Waals surface area (Å²) in [5, 5.41) is 10.8. The summed E-state index contributed by atoms with van der Waals surface area (Å²) >= 11 is 1.19. The number of carbonyl (C=O) groups is 1. The van der Waals surface area contributed by atoms with E-state index < -0.39 is 4.92 Å². The topological polar surface area (TPSA) is 86.2 Å². The van der Waals surface area contributed by atoms with E-state index in [1.165, 1.54) is 30.0 Å². The number of anilines is 1. The minimum Gasteiger partial charge on any atom is -0.399 e. The molecule has 0 amide bonds. The predicted octanol–water partition coefficient (Wildman–Crippen LogP) is 4.02. The van der Waals surface area contributed by atoms with Crippen LogP contribution in [0.2, 0.25) is 0 Å². The van der Waals surface area contributed by atoms with Crippen molar-refractivity contribution in [2.24, 2.45) is 0 Å². The van der Waals surface area contributed by atoms with E-state index >= 15 is 0 Å². The van der Waals surface area contributed by atoms with Crippen molar-refractivity contribution in [3.05, 3.63) is 81.9 Å². The van der Waals surface area contributed by atoms with Gasteiger partial charge in [-0.25, -0.2) is 0 Å². The molecule has 0 bridgehead atoms. The van der Waals surface area contributed by atoms with Gasteiger partial charge in [-0.1, -0.05) is 36.0 Å². The molecule has 124 valence electrons. The van der Waals surface area contributed by atoms with Gasteiger partial charge in [-0.15, -0.1) is 6.58 Å². The molecule has 0 unspecified atom stereocenters. The first-order valence-electron chi connectivity index (χ1n) is 7.41. The Balaban J connectivity index is 2.07. The van der Waals surface area contributed by atoms with E-state index in [4.69, 9.17) is 5.73 Å². The van der Waals surface area contributed by atoms with Crippen molar-refractivity contribution >= 4 is 28.3 Å². The molecule has 2 rings (SSSR count). The van der Waals surface area contributed by atoms with Crippen LogP contribution in [0.4, 0.5) is 11.4 Å². The minimum atomic E-state index is -0.466. The molecular formula is C18H18N2O3S. The molecule has 0 heterocycles. The quantitative estimate of drug-likeness (QED) is 0.355. The zero-order valence-corrected chi connectivity index (χ0v) is 13.9. The van der Waals surface area contributed by atoms with Crippen molar-refractivity contribution in [3.8, 4) is 0 Å². The number of aryl methyl sites for hydroxylation is 1. The lowest BCUT2D eigenvalue weighted by Crippen LogP contribution is -2.03. The lowest BCUT2D eigenvalue weighted by Gasteiger charge is -2.08. The number of allylic oxidation sites excluding steroid dienone is 1. The van der Waals surface area contributed by atoms with Gasteiger partial charge in [0.25, 0.3) is 5.69 Å². The lowest BCUT2D eigenvalue weighted by molar-refractivity contribution is -0.384. The molecule has 2 aromatic carbocycles. The lowest BCUT2D eigenvalue weighted by atomic mass is 10.0. The molecule has 24 heavy (non-hydrogen) atoms. The van der Waals surface area contributed by atoms with Crippen molar-refractivity contribution in [2.45, 2.75) is 12.8 Å². The van der Waals surface area contributed by atoms with Gasteiger partial charge in [0.05, 0.1) is 4.92 Å². The van der Waals surface area contributed by atoms with E-state index in [-0.39, 0.29) is 10.8 Å². The Labute approximate surface area is 144 Å². The van der Waals surface area contributed by atoms with Crippen LogP contribution in [0.15, 0.2) is 55.1 Å². The summed E-state index contributed by atoms with van der Waals surface area (Å²) in [5.74, 6) is 0.595. The van der Waals surface area contributed by atoms with E-state index in [1.54, 1.807) is 6.08 Å². The monoisotopic (exact) mass is 342 g/mol. The molecule has 0 fully saturated rings. The number of rotatable bonds is 7. The minimum absolute atomic E-state index is 0.0227. The highest BCUT2D eigenvalue weighted by molar-refractivity contribution is 8.14. The zero-order chi connectivity index (χ0) is 17.5. The predicted molar refractivity (Wildman–Crippen MR) is 98.3 cm³/mol. The maximum Gasteiger partial charge on any atom is 0.269 e. The first-order chi connectivity index (χ1) is 11.5. The van der Waals surface area contributed by atoms with Gasteiger partial charge in [-0.2, -0.15) is 0 Å². The van der Waals surface area contributed by atoms with Crippen molar-refractivity contribution in [1.29, 1.82) is 0 Å². The summed E-state index contributed by atoms with van der Waals surface area (Å²) in [6.07, 6.45) is 2.73.